The number of hydrogen-bond donors (Lipinski definition) is 2. The molecule has 3 nitrogen and oxygen atoms in total. The van der Waals surface area contributed by atoms with Gasteiger partial charge in [-0.2, -0.15) is 13.2 Å². The lowest BCUT2D eigenvalue weighted by atomic mass is 9.91. The van der Waals surface area contributed by atoms with Crippen LogP contribution in [-0.2, 0) is 12.7 Å². The third kappa shape index (κ3) is 5.06. The lowest BCUT2D eigenvalue weighted by molar-refractivity contribution is -0.137. The first-order valence-corrected chi connectivity index (χ1v) is 9.66. The second kappa shape index (κ2) is 8.97. The maximum Gasteiger partial charge on any atom is 0.416 e. The largest absolute Gasteiger partial charge is 0.496 e. The van der Waals surface area contributed by atoms with E-state index in [0.29, 0.717) is 18.6 Å². The molecule has 1 saturated carbocycles. The SMILES string of the molecule is CNC1CCC(NCc2cc(-c3ccc(C(F)(F)F)cc3)ccc2OC)CC1. The van der Waals surface area contributed by atoms with E-state index in [4.69, 9.17) is 4.74 Å². The number of benzene rings is 2. The Labute approximate surface area is 164 Å². The number of nitrogens with one attached hydrogen (secondary N) is 2. The first kappa shape index (κ1) is 20.7. The highest BCUT2D eigenvalue weighted by atomic mass is 19.4. The van der Waals surface area contributed by atoms with Crippen molar-refractivity contribution in [2.75, 3.05) is 14.2 Å². The maximum absolute atomic E-state index is 12.8. The van der Waals surface area contributed by atoms with E-state index in [1.54, 1.807) is 7.11 Å². The highest BCUT2D eigenvalue weighted by molar-refractivity contribution is 5.66. The van der Waals surface area contributed by atoms with Gasteiger partial charge < -0.3 is 15.4 Å². The zero-order valence-electron chi connectivity index (χ0n) is 16.3. The summed E-state index contributed by atoms with van der Waals surface area (Å²) < 4.78 is 43.8. The number of hydrogen-bond acceptors (Lipinski definition) is 3. The Balaban J connectivity index is 1.71. The van der Waals surface area contributed by atoms with Gasteiger partial charge in [0.1, 0.15) is 5.75 Å². The second-order valence-electron chi connectivity index (χ2n) is 7.32. The molecule has 1 fully saturated rings. The van der Waals surface area contributed by atoms with Crippen LogP contribution in [0.1, 0.15) is 36.8 Å². The van der Waals surface area contributed by atoms with E-state index >= 15 is 0 Å². The van der Waals surface area contributed by atoms with Gasteiger partial charge in [0.25, 0.3) is 0 Å². The molecule has 0 aromatic heterocycles. The summed E-state index contributed by atoms with van der Waals surface area (Å²) in [7, 11) is 3.64. The number of rotatable bonds is 6. The molecule has 28 heavy (non-hydrogen) atoms. The number of alkyl halides is 3. The zero-order chi connectivity index (χ0) is 20.1. The highest BCUT2D eigenvalue weighted by Gasteiger charge is 2.30. The normalized spacial score (nSPS) is 20.2. The fourth-order valence-corrected chi connectivity index (χ4v) is 3.79. The average molecular weight is 392 g/mol. The zero-order valence-corrected chi connectivity index (χ0v) is 16.3. The Bertz CT molecular complexity index is 766. The summed E-state index contributed by atoms with van der Waals surface area (Å²) in [6.07, 6.45) is 0.270. The van der Waals surface area contributed by atoms with Crippen molar-refractivity contribution in [1.29, 1.82) is 0 Å². The number of halogens is 3. The molecular weight excluding hydrogens is 365 g/mol. The summed E-state index contributed by atoms with van der Waals surface area (Å²) in [6.45, 7) is 0.673. The smallest absolute Gasteiger partial charge is 0.416 e. The molecule has 0 heterocycles. The van der Waals surface area contributed by atoms with Crippen molar-refractivity contribution in [3.63, 3.8) is 0 Å². The monoisotopic (exact) mass is 392 g/mol. The van der Waals surface area contributed by atoms with Crippen LogP contribution in [0.25, 0.3) is 11.1 Å². The van der Waals surface area contributed by atoms with E-state index in [9.17, 15) is 13.2 Å². The molecule has 0 amide bonds. The number of methoxy groups -OCH3 is 1. The van der Waals surface area contributed by atoms with Crippen LogP contribution in [0.2, 0.25) is 0 Å². The van der Waals surface area contributed by atoms with Gasteiger partial charge in [-0.1, -0.05) is 18.2 Å². The van der Waals surface area contributed by atoms with Crippen LogP contribution >= 0.6 is 0 Å². The minimum atomic E-state index is -4.32. The van der Waals surface area contributed by atoms with Crippen molar-refractivity contribution < 1.29 is 17.9 Å². The third-order valence-electron chi connectivity index (χ3n) is 5.54. The van der Waals surface area contributed by atoms with E-state index < -0.39 is 11.7 Å². The van der Waals surface area contributed by atoms with E-state index in [1.165, 1.54) is 12.1 Å². The predicted molar refractivity (Wildman–Crippen MR) is 105 cm³/mol. The van der Waals surface area contributed by atoms with Crippen molar-refractivity contribution in [3.05, 3.63) is 53.6 Å². The molecule has 152 valence electrons. The van der Waals surface area contributed by atoms with Gasteiger partial charge in [0, 0.05) is 24.2 Å². The molecule has 2 aromatic carbocycles. The molecule has 0 saturated heterocycles. The molecule has 0 bridgehead atoms. The van der Waals surface area contributed by atoms with Crippen LogP contribution in [0.5, 0.6) is 5.75 Å². The minimum absolute atomic E-state index is 0.476. The summed E-state index contributed by atoms with van der Waals surface area (Å²) in [5, 5.41) is 6.95. The van der Waals surface area contributed by atoms with Crippen molar-refractivity contribution in [2.24, 2.45) is 0 Å². The van der Waals surface area contributed by atoms with E-state index in [0.717, 1.165) is 60.3 Å². The molecule has 1 aliphatic carbocycles. The van der Waals surface area contributed by atoms with Crippen molar-refractivity contribution >= 4 is 0 Å². The Morgan fingerprint density at radius 1 is 0.929 bits per heavy atom. The van der Waals surface area contributed by atoms with Crippen LogP contribution in [0.15, 0.2) is 42.5 Å². The highest BCUT2D eigenvalue weighted by Crippen LogP contribution is 2.32. The lowest BCUT2D eigenvalue weighted by Crippen LogP contribution is -2.38. The van der Waals surface area contributed by atoms with Gasteiger partial charge in [0.2, 0.25) is 0 Å². The lowest BCUT2D eigenvalue weighted by Gasteiger charge is -2.29. The molecule has 0 radical (unpaired) electrons. The molecule has 2 aromatic rings. The van der Waals surface area contributed by atoms with Gasteiger partial charge in [0.15, 0.2) is 0 Å². The topological polar surface area (TPSA) is 33.3 Å². The summed E-state index contributed by atoms with van der Waals surface area (Å²) in [4.78, 5) is 0. The third-order valence-corrected chi connectivity index (χ3v) is 5.54. The Morgan fingerprint density at radius 2 is 1.54 bits per heavy atom. The van der Waals surface area contributed by atoms with E-state index in [1.807, 2.05) is 25.2 Å². The summed E-state index contributed by atoms with van der Waals surface area (Å²) in [6, 6.07) is 12.1. The Kier molecular flexibility index (Phi) is 6.62. The van der Waals surface area contributed by atoms with Crippen molar-refractivity contribution in [1.82, 2.24) is 10.6 Å². The molecule has 2 N–H and O–H groups in total. The molecule has 0 unspecified atom stereocenters. The van der Waals surface area contributed by atoms with Gasteiger partial charge in [-0.05, 0) is 68.1 Å². The van der Waals surface area contributed by atoms with Crippen LogP contribution in [0.4, 0.5) is 13.2 Å². The van der Waals surface area contributed by atoms with Gasteiger partial charge in [-0.15, -0.1) is 0 Å². The molecule has 0 aliphatic heterocycles. The summed E-state index contributed by atoms with van der Waals surface area (Å²) in [5.74, 6) is 0.784. The molecule has 0 atom stereocenters. The number of ether oxygens (including phenoxy) is 1. The maximum atomic E-state index is 12.8. The fourth-order valence-electron chi connectivity index (χ4n) is 3.79. The molecular formula is C22H27F3N2O. The van der Waals surface area contributed by atoms with Crippen LogP contribution in [0, 0.1) is 0 Å². The van der Waals surface area contributed by atoms with Gasteiger partial charge in [-0.25, -0.2) is 0 Å². The molecule has 3 rings (SSSR count). The van der Waals surface area contributed by atoms with Gasteiger partial charge in [0.05, 0.1) is 12.7 Å². The standard InChI is InChI=1S/C22H27F3N2O/c1-26-19-8-10-20(11-9-19)27-14-17-13-16(5-12-21(17)28-2)15-3-6-18(7-4-15)22(23,24)25/h3-7,12-13,19-20,26-27H,8-11,14H2,1-2H3. The first-order chi connectivity index (χ1) is 13.4. The average Bonchev–Trinajstić information content (AvgIpc) is 2.72. The van der Waals surface area contributed by atoms with E-state index in [2.05, 4.69) is 10.6 Å². The van der Waals surface area contributed by atoms with Crippen molar-refractivity contribution in [3.8, 4) is 16.9 Å². The summed E-state index contributed by atoms with van der Waals surface area (Å²) >= 11 is 0. The van der Waals surface area contributed by atoms with Crippen LogP contribution in [-0.4, -0.2) is 26.2 Å². The molecule has 6 heteroatoms. The predicted octanol–water partition coefficient (Wildman–Crippen LogP) is 5.00. The Hall–Kier alpha value is -2.05. The summed E-state index contributed by atoms with van der Waals surface area (Å²) in [5.41, 5.74) is 2.01. The fraction of sp³-hybridized carbons (Fsp3) is 0.455. The second-order valence-corrected chi connectivity index (χ2v) is 7.32. The van der Waals surface area contributed by atoms with Crippen molar-refractivity contribution in [2.45, 2.75) is 50.5 Å². The van der Waals surface area contributed by atoms with Crippen LogP contribution in [0.3, 0.4) is 0 Å². The van der Waals surface area contributed by atoms with Crippen LogP contribution < -0.4 is 15.4 Å². The molecule has 1 aliphatic rings. The molecule has 0 spiro atoms. The van der Waals surface area contributed by atoms with Gasteiger partial charge in [-0.3, -0.25) is 0 Å². The van der Waals surface area contributed by atoms with Gasteiger partial charge >= 0.3 is 6.18 Å². The van der Waals surface area contributed by atoms with E-state index in [-0.39, 0.29) is 0 Å². The first-order valence-electron chi connectivity index (χ1n) is 9.66. The Morgan fingerprint density at radius 3 is 2.11 bits per heavy atom. The quantitative estimate of drug-likeness (QED) is 0.726. The minimum Gasteiger partial charge on any atom is -0.496 e.